The standard InChI is InChI=1S/C18H15BrN2O4/c1-11(22)21-18(25-17(20-21)13-6-4-3-5-7-13)15-10-14(19)8-9-16(15)24-12(2)23/h3-10,18H,1-2H3. The molecule has 1 unspecified atom stereocenters. The normalized spacial score (nSPS) is 16.2. The predicted molar refractivity (Wildman–Crippen MR) is 94.8 cm³/mol. The zero-order valence-corrected chi connectivity index (χ0v) is 15.2. The van der Waals surface area contributed by atoms with Gasteiger partial charge in [0.05, 0.1) is 5.56 Å². The maximum Gasteiger partial charge on any atom is 0.308 e. The molecule has 0 aliphatic carbocycles. The Morgan fingerprint density at radius 3 is 2.52 bits per heavy atom. The van der Waals surface area contributed by atoms with Gasteiger partial charge < -0.3 is 9.47 Å². The van der Waals surface area contributed by atoms with Crippen LogP contribution in [0.1, 0.15) is 31.2 Å². The van der Waals surface area contributed by atoms with Gasteiger partial charge in [0.1, 0.15) is 5.75 Å². The van der Waals surface area contributed by atoms with E-state index in [0.717, 1.165) is 10.0 Å². The van der Waals surface area contributed by atoms with E-state index in [1.54, 1.807) is 18.2 Å². The number of benzene rings is 2. The Balaban J connectivity index is 2.01. The molecule has 0 spiro atoms. The number of hydrazone groups is 1. The molecule has 1 amide bonds. The van der Waals surface area contributed by atoms with E-state index in [2.05, 4.69) is 21.0 Å². The number of esters is 1. The van der Waals surface area contributed by atoms with Crippen LogP contribution in [0.15, 0.2) is 58.1 Å². The summed E-state index contributed by atoms with van der Waals surface area (Å²) in [5, 5.41) is 5.52. The number of nitrogens with zero attached hydrogens (tertiary/aromatic N) is 2. The van der Waals surface area contributed by atoms with Crippen molar-refractivity contribution in [3.8, 4) is 5.75 Å². The van der Waals surface area contributed by atoms with Crippen molar-refractivity contribution in [1.82, 2.24) is 5.01 Å². The number of ether oxygens (including phenoxy) is 2. The number of rotatable bonds is 3. The molecule has 25 heavy (non-hydrogen) atoms. The third kappa shape index (κ3) is 3.71. The largest absolute Gasteiger partial charge is 0.446 e. The second-order valence-electron chi connectivity index (χ2n) is 5.38. The minimum absolute atomic E-state index is 0.287. The molecule has 6 nitrogen and oxygen atoms in total. The average molecular weight is 403 g/mol. The molecule has 0 saturated carbocycles. The zero-order valence-electron chi connectivity index (χ0n) is 13.6. The molecule has 0 N–H and O–H groups in total. The number of hydrogen-bond acceptors (Lipinski definition) is 5. The molecule has 3 rings (SSSR count). The highest BCUT2D eigenvalue weighted by Crippen LogP contribution is 2.37. The lowest BCUT2D eigenvalue weighted by Gasteiger charge is -2.21. The van der Waals surface area contributed by atoms with Crippen molar-refractivity contribution in [2.45, 2.75) is 20.1 Å². The summed E-state index contributed by atoms with van der Waals surface area (Å²) in [6.45, 7) is 2.72. The molecule has 1 atom stereocenters. The van der Waals surface area contributed by atoms with Crippen LogP contribution in [0.2, 0.25) is 0 Å². The van der Waals surface area contributed by atoms with Crippen molar-refractivity contribution in [1.29, 1.82) is 0 Å². The van der Waals surface area contributed by atoms with Gasteiger partial charge in [-0.15, -0.1) is 5.10 Å². The van der Waals surface area contributed by atoms with Crippen molar-refractivity contribution < 1.29 is 19.1 Å². The van der Waals surface area contributed by atoms with Crippen molar-refractivity contribution in [2.75, 3.05) is 0 Å². The van der Waals surface area contributed by atoms with Crippen LogP contribution in [0.3, 0.4) is 0 Å². The topological polar surface area (TPSA) is 68.2 Å². The van der Waals surface area contributed by atoms with Gasteiger partial charge in [-0.2, -0.15) is 5.01 Å². The highest BCUT2D eigenvalue weighted by molar-refractivity contribution is 9.10. The minimum atomic E-state index is -0.820. The van der Waals surface area contributed by atoms with Crippen molar-refractivity contribution >= 4 is 33.7 Å². The first kappa shape index (κ1) is 17.2. The van der Waals surface area contributed by atoms with Crippen LogP contribution < -0.4 is 4.74 Å². The van der Waals surface area contributed by atoms with Crippen LogP contribution in [-0.2, 0) is 14.3 Å². The second-order valence-corrected chi connectivity index (χ2v) is 6.30. The molecular weight excluding hydrogens is 388 g/mol. The summed E-state index contributed by atoms with van der Waals surface area (Å²) in [5.41, 5.74) is 1.27. The molecule has 128 valence electrons. The molecule has 1 heterocycles. The van der Waals surface area contributed by atoms with E-state index in [4.69, 9.17) is 9.47 Å². The third-order valence-electron chi connectivity index (χ3n) is 3.48. The van der Waals surface area contributed by atoms with Crippen LogP contribution in [0.4, 0.5) is 0 Å². The van der Waals surface area contributed by atoms with E-state index in [9.17, 15) is 9.59 Å². The fourth-order valence-electron chi connectivity index (χ4n) is 2.43. The minimum Gasteiger partial charge on any atom is -0.446 e. The van der Waals surface area contributed by atoms with Gasteiger partial charge in [-0.1, -0.05) is 34.1 Å². The van der Waals surface area contributed by atoms with E-state index in [-0.39, 0.29) is 5.91 Å². The third-order valence-corrected chi connectivity index (χ3v) is 3.97. The number of hydrogen-bond donors (Lipinski definition) is 0. The first-order valence-electron chi connectivity index (χ1n) is 7.54. The van der Waals surface area contributed by atoms with E-state index in [1.807, 2.05) is 30.3 Å². The molecule has 2 aromatic carbocycles. The highest BCUT2D eigenvalue weighted by atomic mass is 79.9. The fraction of sp³-hybridized carbons (Fsp3) is 0.167. The summed E-state index contributed by atoms with van der Waals surface area (Å²) >= 11 is 3.39. The first-order chi connectivity index (χ1) is 12.0. The lowest BCUT2D eigenvalue weighted by atomic mass is 10.1. The molecule has 0 bridgehead atoms. The predicted octanol–water partition coefficient (Wildman–Crippen LogP) is 3.61. The SMILES string of the molecule is CC(=O)Oc1ccc(Br)cc1C1OC(c2ccccc2)=NN1C(C)=O. The summed E-state index contributed by atoms with van der Waals surface area (Å²) in [6, 6.07) is 14.4. The summed E-state index contributed by atoms with van der Waals surface area (Å²) in [7, 11) is 0. The van der Waals surface area contributed by atoms with Crippen LogP contribution >= 0.6 is 15.9 Å². The van der Waals surface area contributed by atoms with Gasteiger partial charge >= 0.3 is 5.97 Å². The Morgan fingerprint density at radius 1 is 1.16 bits per heavy atom. The molecular formula is C18H15BrN2O4. The summed E-state index contributed by atoms with van der Waals surface area (Å²) in [5.74, 6) is -0.101. The quantitative estimate of drug-likeness (QED) is 0.580. The van der Waals surface area contributed by atoms with Crippen molar-refractivity contribution in [3.63, 3.8) is 0 Å². The number of halogens is 1. The Bertz CT molecular complexity index is 851. The molecule has 0 aromatic heterocycles. The van der Waals surface area contributed by atoms with E-state index >= 15 is 0 Å². The maximum atomic E-state index is 12.0. The molecule has 1 aliphatic rings. The monoisotopic (exact) mass is 402 g/mol. The molecule has 1 aliphatic heterocycles. The molecule has 0 saturated heterocycles. The van der Waals surface area contributed by atoms with Gasteiger partial charge in [0.15, 0.2) is 0 Å². The van der Waals surface area contributed by atoms with Crippen molar-refractivity contribution in [3.05, 3.63) is 64.1 Å². The second kappa shape index (κ2) is 7.06. The Labute approximate surface area is 153 Å². The molecule has 2 aromatic rings. The van der Waals surface area contributed by atoms with Crippen LogP contribution in [-0.4, -0.2) is 22.8 Å². The summed E-state index contributed by atoms with van der Waals surface area (Å²) in [6.07, 6.45) is -0.820. The van der Waals surface area contributed by atoms with Gasteiger partial charge in [0.2, 0.25) is 18.0 Å². The van der Waals surface area contributed by atoms with E-state index < -0.39 is 12.2 Å². The van der Waals surface area contributed by atoms with Crippen molar-refractivity contribution in [2.24, 2.45) is 5.10 Å². The van der Waals surface area contributed by atoms with Gasteiger partial charge in [-0.05, 0) is 30.3 Å². The van der Waals surface area contributed by atoms with Crippen LogP contribution in [0.5, 0.6) is 5.75 Å². The zero-order chi connectivity index (χ0) is 18.0. The first-order valence-corrected chi connectivity index (χ1v) is 8.33. The molecule has 0 fully saturated rings. The fourth-order valence-corrected chi connectivity index (χ4v) is 2.81. The van der Waals surface area contributed by atoms with Gasteiger partial charge in [-0.3, -0.25) is 9.59 Å². The lowest BCUT2D eigenvalue weighted by Crippen LogP contribution is -2.26. The Hall–Kier alpha value is -2.67. The Kier molecular flexibility index (Phi) is 4.85. The van der Waals surface area contributed by atoms with Gasteiger partial charge in [0, 0.05) is 23.9 Å². The number of carbonyl (C=O) groups is 2. The van der Waals surface area contributed by atoms with Gasteiger partial charge in [-0.25, -0.2) is 0 Å². The van der Waals surface area contributed by atoms with Crippen LogP contribution in [0, 0.1) is 0 Å². The average Bonchev–Trinajstić information content (AvgIpc) is 3.02. The van der Waals surface area contributed by atoms with Gasteiger partial charge in [0.25, 0.3) is 0 Å². The van der Waals surface area contributed by atoms with E-state index in [0.29, 0.717) is 17.2 Å². The lowest BCUT2D eigenvalue weighted by molar-refractivity contribution is -0.135. The van der Waals surface area contributed by atoms with Crippen LogP contribution in [0.25, 0.3) is 0 Å². The summed E-state index contributed by atoms with van der Waals surface area (Å²) in [4.78, 5) is 23.4. The maximum absolute atomic E-state index is 12.0. The van der Waals surface area contributed by atoms with E-state index in [1.165, 1.54) is 18.9 Å². The highest BCUT2D eigenvalue weighted by Gasteiger charge is 2.35. The molecule has 7 heteroatoms. The smallest absolute Gasteiger partial charge is 0.308 e. The number of carbonyl (C=O) groups excluding carboxylic acids is 2. The Morgan fingerprint density at radius 2 is 1.88 bits per heavy atom. The summed E-state index contributed by atoms with van der Waals surface area (Å²) < 4.78 is 11.9. The number of amides is 1. The molecule has 0 radical (unpaired) electrons.